The van der Waals surface area contributed by atoms with Crippen LogP contribution < -0.4 is 5.32 Å². The van der Waals surface area contributed by atoms with Crippen LogP contribution in [0.3, 0.4) is 0 Å². The summed E-state index contributed by atoms with van der Waals surface area (Å²) in [4.78, 5) is 17.0. The molecule has 0 radical (unpaired) electrons. The second-order valence-corrected chi connectivity index (χ2v) is 8.38. The van der Waals surface area contributed by atoms with E-state index in [4.69, 9.17) is 13.7 Å². The number of amides is 1. The van der Waals surface area contributed by atoms with Gasteiger partial charge in [-0.3, -0.25) is 10.1 Å². The van der Waals surface area contributed by atoms with Crippen molar-refractivity contribution in [1.82, 2.24) is 19.7 Å². The number of carbonyl (C=O) groups is 1. The molecular weight excluding hydrogens is 438 g/mol. The van der Waals surface area contributed by atoms with Gasteiger partial charge in [0.1, 0.15) is 0 Å². The summed E-state index contributed by atoms with van der Waals surface area (Å²) in [6.45, 7) is 5.28. The van der Waals surface area contributed by atoms with E-state index in [0.29, 0.717) is 47.8 Å². The van der Waals surface area contributed by atoms with Crippen LogP contribution in [0.5, 0.6) is 0 Å². The van der Waals surface area contributed by atoms with Gasteiger partial charge in [0.2, 0.25) is 5.13 Å². The van der Waals surface area contributed by atoms with E-state index >= 15 is 0 Å². The predicted octanol–water partition coefficient (Wildman–Crippen LogP) is 3.60. The van der Waals surface area contributed by atoms with Gasteiger partial charge in [-0.2, -0.15) is 0 Å². The van der Waals surface area contributed by atoms with E-state index in [0.717, 1.165) is 29.8 Å². The zero-order valence-corrected chi connectivity index (χ0v) is 18.7. The monoisotopic (exact) mass is 461 g/mol. The van der Waals surface area contributed by atoms with Crippen molar-refractivity contribution in [2.45, 2.75) is 19.9 Å². The minimum atomic E-state index is -0.259. The van der Waals surface area contributed by atoms with E-state index < -0.39 is 0 Å². The van der Waals surface area contributed by atoms with Crippen molar-refractivity contribution >= 4 is 51.2 Å². The summed E-state index contributed by atoms with van der Waals surface area (Å²) < 4.78 is 18.4. The Balaban J connectivity index is 1.32. The molecule has 9 nitrogen and oxygen atoms in total. The molecule has 1 aromatic carbocycles. The fraction of sp³-hybridized carbons (Fsp3) is 0.400. The maximum absolute atomic E-state index is 12.6. The van der Waals surface area contributed by atoms with Crippen molar-refractivity contribution in [2.24, 2.45) is 0 Å². The topological polar surface area (TPSA) is 100 Å². The summed E-state index contributed by atoms with van der Waals surface area (Å²) in [6.07, 6.45) is 4.70. The summed E-state index contributed by atoms with van der Waals surface area (Å²) in [5.41, 5.74) is 2.20. The second-order valence-electron chi connectivity index (χ2n) is 6.67. The van der Waals surface area contributed by atoms with Crippen molar-refractivity contribution < 1.29 is 18.5 Å². The molecule has 1 aliphatic rings. The normalized spacial score (nSPS) is 13.4. The Kier molecular flexibility index (Phi) is 7.52. The van der Waals surface area contributed by atoms with Gasteiger partial charge >= 0.3 is 0 Å². The number of rotatable bonds is 11. The van der Waals surface area contributed by atoms with Crippen molar-refractivity contribution in [1.29, 1.82) is 0 Å². The van der Waals surface area contributed by atoms with Gasteiger partial charge in [0.05, 0.1) is 55.0 Å². The summed E-state index contributed by atoms with van der Waals surface area (Å²) in [5.74, 6) is 1.21. The quantitative estimate of drug-likeness (QED) is 0.341. The highest BCUT2D eigenvalue weighted by Crippen LogP contribution is 2.31. The number of aromatic nitrogens is 4. The lowest BCUT2D eigenvalue weighted by Gasteiger charge is -2.07. The molecule has 3 aromatic rings. The Labute approximate surface area is 188 Å². The average molecular weight is 462 g/mol. The van der Waals surface area contributed by atoms with Crippen molar-refractivity contribution in [3.63, 3.8) is 0 Å². The number of nitrogens with zero attached hydrogens (tertiary/aromatic N) is 4. The number of carbonyl (C=O) groups excluding carboxylic acids is 1. The number of fused-ring (bicyclic) bond motifs is 1. The number of hydrogen-bond donors (Lipinski definition) is 1. The van der Waals surface area contributed by atoms with Crippen LogP contribution in [0.2, 0.25) is 0 Å². The van der Waals surface area contributed by atoms with Gasteiger partial charge in [-0.15, -0.1) is 10.2 Å². The van der Waals surface area contributed by atoms with Gasteiger partial charge in [-0.25, -0.2) is 4.98 Å². The summed E-state index contributed by atoms with van der Waals surface area (Å²) in [5, 5.41) is 11.9. The lowest BCUT2D eigenvalue weighted by atomic mass is 10.2. The van der Waals surface area contributed by atoms with E-state index in [2.05, 4.69) is 27.4 Å². The van der Waals surface area contributed by atoms with Crippen LogP contribution >= 0.6 is 23.4 Å². The van der Waals surface area contributed by atoms with E-state index in [-0.39, 0.29) is 5.91 Å². The maximum atomic E-state index is 12.6. The molecule has 0 saturated carbocycles. The number of imidazole rings is 1. The molecule has 4 rings (SSSR count). The Morgan fingerprint density at radius 2 is 2.10 bits per heavy atom. The molecule has 31 heavy (non-hydrogen) atoms. The van der Waals surface area contributed by atoms with E-state index in [1.165, 1.54) is 23.4 Å². The number of anilines is 1. The van der Waals surface area contributed by atoms with Gasteiger partial charge in [0.15, 0.2) is 10.8 Å². The van der Waals surface area contributed by atoms with E-state index in [1.54, 1.807) is 18.5 Å². The number of nitrogens with one attached hydrogen (secondary N) is 1. The largest absolute Gasteiger partial charge is 0.423 e. The molecule has 164 valence electrons. The fourth-order valence-electron chi connectivity index (χ4n) is 2.92. The molecule has 2 aromatic heterocycles. The number of ether oxygens (including phenoxy) is 2. The third-order valence-electron chi connectivity index (χ3n) is 4.42. The van der Waals surface area contributed by atoms with Crippen LogP contribution in [-0.4, -0.2) is 57.8 Å². The maximum Gasteiger partial charge on any atom is 0.257 e. The predicted molar refractivity (Wildman–Crippen MR) is 121 cm³/mol. The third-order valence-corrected chi connectivity index (χ3v) is 5.88. The van der Waals surface area contributed by atoms with Crippen LogP contribution in [0.1, 0.15) is 28.7 Å². The highest BCUT2D eigenvalue weighted by atomic mass is 32.2. The molecule has 1 aliphatic heterocycles. The van der Waals surface area contributed by atoms with Crippen LogP contribution in [-0.2, 0) is 20.2 Å². The molecule has 1 amide bonds. The molecule has 11 heteroatoms. The first-order valence-electron chi connectivity index (χ1n) is 10.00. The molecular formula is C20H23N5O4S2. The summed E-state index contributed by atoms with van der Waals surface area (Å²) >= 11 is 2.62. The van der Waals surface area contributed by atoms with Gasteiger partial charge in [0.25, 0.3) is 5.91 Å². The second kappa shape index (κ2) is 10.7. The van der Waals surface area contributed by atoms with Crippen molar-refractivity contribution in [2.75, 3.05) is 37.5 Å². The zero-order valence-electron chi connectivity index (χ0n) is 17.1. The minimum absolute atomic E-state index is 0.259. The van der Waals surface area contributed by atoms with Crippen molar-refractivity contribution in [3.8, 4) is 0 Å². The van der Waals surface area contributed by atoms with Gasteiger partial charge in [-0.05, 0) is 30.7 Å². The van der Waals surface area contributed by atoms with Gasteiger partial charge < -0.3 is 18.2 Å². The third kappa shape index (κ3) is 5.62. The summed E-state index contributed by atoms with van der Waals surface area (Å²) in [7, 11) is 0. The van der Waals surface area contributed by atoms with Crippen LogP contribution in [0, 0.1) is 0 Å². The molecule has 0 fully saturated rings. The molecule has 1 N–H and O–H groups in total. The molecule has 0 saturated heterocycles. The van der Waals surface area contributed by atoms with E-state index in [1.807, 2.05) is 16.7 Å². The lowest BCUT2D eigenvalue weighted by Crippen LogP contribution is -2.12. The van der Waals surface area contributed by atoms with Crippen molar-refractivity contribution in [3.05, 3.63) is 41.2 Å². The molecule has 0 spiro atoms. The molecule has 3 heterocycles. The number of hydrogen-bond acceptors (Lipinski definition) is 9. The van der Waals surface area contributed by atoms with E-state index in [9.17, 15) is 4.79 Å². The Hall–Kier alpha value is -2.47. The van der Waals surface area contributed by atoms with Crippen LogP contribution in [0.4, 0.5) is 5.13 Å². The molecule has 0 aliphatic carbocycles. The Bertz CT molecular complexity index is 1060. The SMILES string of the molecule is CCCOCCOCCn1cnc2cc(C(=O)Nc3nnc(C4=CCSO4)s3)ccc21. The standard InChI is InChI=1S/C20H23N5O4S2/c1-2-7-27-9-10-28-8-6-25-13-21-15-12-14(3-4-16(15)25)18(26)22-20-24-23-19(31-20)17-5-11-30-29-17/h3-5,12-13H,2,6-11H2,1H3,(H,22,24,26). The molecule has 0 bridgehead atoms. The smallest absolute Gasteiger partial charge is 0.257 e. The summed E-state index contributed by atoms with van der Waals surface area (Å²) in [6, 6.07) is 5.43. The number of benzene rings is 1. The fourth-order valence-corrected chi connectivity index (χ4v) is 4.25. The highest BCUT2D eigenvalue weighted by Gasteiger charge is 2.17. The lowest BCUT2D eigenvalue weighted by molar-refractivity contribution is 0.0453. The molecule has 0 atom stereocenters. The zero-order chi connectivity index (χ0) is 21.5. The van der Waals surface area contributed by atoms with Crippen LogP contribution in [0.25, 0.3) is 16.8 Å². The first kappa shape index (κ1) is 21.8. The Morgan fingerprint density at radius 3 is 2.90 bits per heavy atom. The average Bonchev–Trinajstić information content (AvgIpc) is 3.53. The minimum Gasteiger partial charge on any atom is -0.423 e. The van der Waals surface area contributed by atoms with Gasteiger partial charge in [-0.1, -0.05) is 18.3 Å². The first-order valence-corrected chi connectivity index (χ1v) is 11.7. The van der Waals surface area contributed by atoms with Crippen LogP contribution in [0.15, 0.2) is 30.6 Å². The molecule has 0 unspecified atom stereocenters. The van der Waals surface area contributed by atoms with Gasteiger partial charge in [0, 0.05) is 18.7 Å². The highest BCUT2D eigenvalue weighted by molar-refractivity contribution is 7.95. The first-order chi connectivity index (χ1) is 15.2. The Morgan fingerprint density at radius 1 is 1.23 bits per heavy atom.